The van der Waals surface area contributed by atoms with Gasteiger partial charge in [-0.3, -0.25) is 0 Å². The summed E-state index contributed by atoms with van der Waals surface area (Å²) in [4.78, 5) is 20.1. The van der Waals surface area contributed by atoms with Crippen molar-refractivity contribution in [2.75, 3.05) is 24.6 Å². The minimum atomic E-state index is -2.66. The molecule has 1 aliphatic rings. The predicted octanol–water partition coefficient (Wildman–Crippen LogP) is 11.6. The van der Waals surface area contributed by atoms with Crippen LogP contribution in [-0.2, 0) is 31.7 Å². The Balaban J connectivity index is 1.05. The first-order valence-corrected chi connectivity index (χ1v) is 26.5. The van der Waals surface area contributed by atoms with Gasteiger partial charge in [0, 0.05) is 49.2 Å². The van der Waals surface area contributed by atoms with Crippen molar-refractivity contribution in [2.45, 2.75) is 136 Å². The SMILES string of the molecule is Cc1nc2cc(/C=C\Cc3cc(F)cc(F)c3OCc3ccccc3)nn2c(N2CCC(C)(OCCCC[C@@H](C)O[Si](c3ccccc3)(c3ccccc3)C(C)(C)C)CC2)c1C(OC(C)(C)C)C(=O)O. The molecule has 0 aliphatic carbocycles. The van der Waals surface area contributed by atoms with Gasteiger partial charge in [0.25, 0.3) is 8.32 Å². The maximum absolute atomic E-state index is 15.1. The highest BCUT2D eigenvalue weighted by atomic mass is 28.4. The number of piperidine rings is 1. The summed E-state index contributed by atoms with van der Waals surface area (Å²) in [7, 11) is -2.66. The van der Waals surface area contributed by atoms with Crippen LogP contribution in [0.4, 0.5) is 14.6 Å². The molecule has 1 fully saturated rings. The topological polar surface area (TPSA) is 108 Å². The van der Waals surface area contributed by atoms with Gasteiger partial charge in [-0.15, -0.1) is 0 Å². The van der Waals surface area contributed by atoms with Crippen molar-refractivity contribution in [3.05, 3.63) is 155 Å². The van der Waals surface area contributed by atoms with E-state index < -0.39 is 37.6 Å². The molecule has 0 bridgehead atoms. The smallest absolute Gasteiger partial charge is 0.337 e. The van der Waals surface area contributed by atoms with Crippen LogP contribution in [0.15, 0.2) is 115 Å². The van der Waals surface area contributed by atoms with Crippen molar-refractivity contribution < 1.29 is 37.3 Å². The number of carboxylic acids is 1. The monoisotopic (exact) mass is 973 g/mol. The van der Waals surface area contributed by atoms with Gasteiger partial charge in [-0.2, -0.15) is 9.61 Å². The number of rotatable bonds is 20. The van der Waals surface area contributed by atoms with Crippen LogP contribution in [0.3, 0.4) is 0 Å². The molecule has 70 heavy (non-hydrogen) atoms. The van der Waals surface area contributed by atoms with Crippen LogP contribution < -0.4 is 20.0 Å². The third-order valence-corrected chi connectivity index (χ3v) is 18.3. The molecule has 2 aromatic heterocycles. The number of unbranched alkanes of at least 4 members (excludes halogenated alkanes) is 1. The maximum atomic E-state index is 15.1. The number of hydrogen-bond donors (Lipinski definition) is 1. The molecule has 10 nitrogen and oxygen atoms in total. The van der Waals surface area contributed by atoms with Crippen LogP contribution in [0.1, 0.15) is 122 Å². The van der Waals surface area contributed by atoms with Gasteiger partial charge in [0.2, 0.25) is 0 Å². The lowest BCUT2D eigenvalue weighted by molar-refractivity contribution is -0.160. The van der Waals surface area contributed by atoms with Gasteiger partial charge < -0.3 is 28.6 Å². The minimum absolute atomic E-state index is 0.0137. The van der Waals surface area contributed by atoms with E-state index in [9.17, 15) is 14.3 Å². The second-order valence-corrected chi connectivity index (χ2v) is 25.1. The molecular weight excluding hydrogens is 903 g/mol. The fraction of sp³-hybridized carbons (Fsp3) is 0.421. The number of allylic oxidation sites excluding steroid dienone is 1. The first-order valence-electron chi connectivity index (χ1n) is 24.6. The van der Waals surface area contributed by atoms with Gasteiger partial charge in [0.05, 0.1) is 22.5 Å². The van der Waals surface area contributed by atoms with Gasteiger partial charge in [-0.25, -0.2) is 18.6 Å². The number of anilines is 1. The first-order chi connectivity index (χ1) is 33.3. The van der Waals surface area contributed by atoms with Crippen molar-refractivity contribution in [3.8, 4) is 5.75 Å². The van der Waals surface area contributed by atoms with Gasteiger partial charge in [0.15, 0.2) is 23.3 Å². The zero-order valence-corrected chi connectivity index (χ0v) is 43.3. The van der Waals surface area contributed by atoms with Crippen LogP contribution in [0.2, 0.25) is 5.04 Å². The molecule has 2 atom stereocenters. The van der Waals surface area contributed by atoms with Crippen molar-refractivity contribution in [3.63, 3.8) is 0 Å². The lowest BCUT2D eigenvalue weighted by Crippen LogP contribution is -2.67. The number of nitrogens with zero attached hydrogens (tertiary/aromatic N) is 4. The van der Waals surface area contributed by atoms with Crippen molar-refractivity contribution in [2.24, 2.45) is 0 Å². The number of ether oxygens (including phenoxy) is 3. The van der Waals surface area contributed by atoms with E-state index in [0.717, 1.165) is 30.9 Å². The second kappa shape index (κ2) is 22.1. The normalized spacial score (nSPS) is 15.4. The average molecular weight is 973 g/mol. The predicted molar refractivity (Wildman–Crippen MR) is 277 cm³/mol. The Labute approximate surface area is 413 Å². The molecule has 372 valence electrons. The zero-order valence-electron chi connectivity index (χ0n) is 42.3. The number of carboxylic acid groups (broad SMARTS) is 1. The molecular formula is C57H70F2N4O6Si. The van der Waals surface area contributed by atoms with Gasteiger partial charge in [0.1, 0.15) is 18.2 Å². The molecule has 0 amide bonds. The van der Waals surface area contributed by atoms with Gasteiger partial charge in [-0.1, -0.05) is 118 Å². The summed E-state index contributed by atoms with van der Waals surface area (Å²) in [6, 6.07) is 34.8. The Kier molecular flexibility index (Phi) is 16.5. The molecule has 1 unspecified atom stereocenters. The van der Waals surface area contributed by atoms with E-state index in [1.54, 1.807) is 23.6 Å². The average Bonchev–Trinajstić information content (AvgIpc) is 3.71. The highest BCUT2D eigenvalue weighted by Gasteiger charge is 2.51. The lowest BCUT2D eigenvalue weighted by atomic mass is 9.92. The van der Waals surface area contributed by atoms with E-state index in [1.807, 2.05) is 57.2 Å². The first kappa shape index (κ1) is 52.1. The molecule has 1 aliphatic heterocycles. The summed E-state index contributed by atoms with van der Waals surface area (Å²) in [6.45, 7) is 20.5. The van der Waals surface area contributed by atoms with E-state index in [-0.39, 0.29) is 35.5 Å². The van der Waals surface area contributed by atoms with Crippen molar-refractivity contribution in [1.82, 2.24) is 14.6 Å². The molecule has 13 heteroatoms. The van der Waals surface area contributed by atoms with Gasteiger partial charge >= 0.3 is 5.97 Å². The number of aryl methyl sites for hydroxylation is 1. The molecule has 3 heterocycles. The fourth-order valence-corrected chi connectivity index (χ4v) is 14.4. The Bertz CT molecular complexity index is 2670. The molecule has 1 saturated heterocycles. The number of aliphatic carboxylic acids is 1. The summed E-state index contributed by atoms with van der Waals surface area (Å²) in [6.07, 6.45) is 6.60. The molecule has 7 rings (SSSR count). The third kappa shape index (κ3) is 12.4. The Hall–Kier alpha value is -5.73. The van der Waals surface area contributed by atoms with Crippen LogP contribution >= 0.6 is 0 Å². The van der Waals surface area contributed by atoms with Crippen LogP contribution in [-0.4, -0.2) is 71.0 Å². The molecule has 0 radical (unpaired) electrons. The fourth-order valence-electron chi connectivity index (χ4n) is 9.62. The van der Waals surface area contributed by atoms with E-state index in [2.05, 4.69) is 100 Å². The largest absolute Gasteiger partial charge is 0.486 e. The Morgan fingerprint density at radius 1 is 0.886 bits per heavy atom. The zero-order chi connectivity index (χ0) is 50.3. The highest BCUT2D eigenvalue weighted by Crippen LogP contribution is 2.40. The number of aromatic nitrogens is 3. The summed E-state index contributed by atoms with van der Waals surface area (Å²) in [5, 5.41) is 18.1. The molecule has 1 N–H and O–H groups in total. The Morgan fingerprint density at radius 3 is 2.09 bits per heavy atom. The summed E-state index contributed by atoms with van der Waals surface area (Å²) in [5.41, 5.74) is 2.05. The van der Waals surface area contributed by atoms with E-state index in [0.29, 0.717) is 66.5 Å². The summed E-state index contributed by atoms with van der Waals surface area (Å²) >= 11 is 0. The molecule has 6 aromatic rings. The lowest BCUT2D eigenvalue weighted by Gasteiger charge is -2.44. The summed E-state index contributed by atoms with van der Waals surface area (Å²) in [5.74, 6) is -2.02. The standard InChI is InChI=1S/C57H70F2N4O6Si/c1-40(69-70(56(6,7)8,46-27-15-11-16-28-46)47-29-17-12-18-30-47)22-19-20-35-67-57(9)31-33-62(34-32-57)53-50(52(54(64)65)68-55(3,4)5)41(2)60-49-38-45(61-63(49)53)26-21-25-43-36-44(58)37-48(59)51(43)66-39-42-23-13-10-14-24-42/h10-18,21,23-24,26-30,36-38,40,52H,19-20,22,25,31-35,39H2,1-9H3,(H,64,65)/b26-21-/t40-,52?/m1/s1. The third-order valence-electron chi connectivity index (χ3n) is 13.1. The maximum Gasteiger partial charge on any atom is 0.337 e. The number of hydrogen-bond acceptors (Lipinski definition) is 8. The number of fused-ring (bicyclic) bond motifs is 1. The van der Waals surface area contributed by atoms with Crippen molar-refractivity contribution >= 4 is 42.2 Å². The molecule has 0 saturated carbocycles. The Morgan fingerprint density at radius 2 is 1.50 bits per heavy atom. The second-order valence-electron chi connectivity index (χ2n) is 20.9. The molecule has 0 spiro atoms. The van der Waals surface area contributed by atoms with Crippen molar-refractivity contribution in [1.29, 1.82) is 0 Å². The minimum Gasteiger partial charge on any atom is -0.486 e. The summed E-state index contributed by atoms with van der Waals surface area (Å²) < 4.78 is 57.4. The van der Waals surface area contributed by atoms with E-state index >= 15 is 4.39 Å². The number of benzene rings is 4. The number of carbonyl (C=O) groups is 1. The number of halogens is 2. The van der Waals surface area contributed by atoms with Crippen LogP contribution in [0, 0.1) is 18.6 Å². The van der Waals surface area contributed by atoms with Crippen LogP contribution in [0.5, 0.6) is 5.75 Å². The molecule has 4 aromatic carbocycles. The van der Waals surface area contributed by atoms with Crippen LogP contribution in [0.25, 0.3) is 11.7 Å². The highest BCUT2D eigenvalue weighted by molar-refractivity contribution is 6.99. The quantitative estimate of drug-likeness (QED) is 0.0591. The van der Waals surface area contributed by atoms with E-state index in [4.69, 9.17) is 28.7 Å². The van der Waals surface area contributed by atoms with E-state index in [1.165, 1.54) is 16.4 Å². The van der Waals surface area contributed by atoms with Gasteiger partial charge in [-0.05, 0) is 113 Å².